The predicted octanol–water partition coefficient (Wildman–Crippen LogP) is 1.17. The lowest BCUT2D eigenvalue weighted by Gasteiger charge is -2.10. The molecule has 0 aliphatic rings. The topological polar surface area (TPSA) is 53.6 Å². The van der Waals surface area contributed by atoms with Crippen molar-refractivity contribution in [3.8, 4) is 5.75 Å². The number of amides is 1. The molecule has 0 aliphatic carbocycles. The second kappa shape index (κ2) is 8.50. The fourth-order valence-electron chi connectivity index (χ4n) is 1.53. The molecule has 0 bridgehead atoms. The zero-order valence-electron chi connectivity index (χ0n) is 11.9. The molecule has 0 saturated carbocycles. The van der Waals surface area contributed by atoms with Crippen molar-refractivity contribution < 1.29 is 9.53 Å². The summed E-state index contributed by atoms with van der Waals surface area (Å²) in [6.07, 6.45) is 0.472. The molecule has 0 fully saturated rings. The number of ether oxygens (including phenoxy) is 1. The van der Waals surface area contributed by atoms with Crippen molar-refractivity contribution in [1.29, 1.82) is 0 Å². The average molecular weight is 265 g/mol. The van der Waals surface area contributed by atoms with Gasteiger partial charge in [0.25, 0.3) is 0 Å². The third-order valence-electron chi connectivity index (χ3n) is 2.64. The van der Waals surface area contributed by atoms with Crippen LogP contribution in [0.25, 0.3) is 0 Å². The first-order valence-electron chi connectivity index (χ1n) is 6.41. The van der Waals surface area contributed by atoms with Gasteiger partial charge in [0.05, 0.1) is 7.11 Å². The summed E-state index contributed by atoms with van der Waals surface area (Å²) in [5, 5.41) is 6.08. The van der Waals surface area contributed by atoms with Crippen LogP contribution in [-0.4, -0.2) is 51.6 Å². The molecule has 0 atom stereocenters. The number of carbonyl (C=O) groups is 1. The van der Waals surface area contributed by atoms with Crippen LogP contribution in [0.15, 0.2) is 24.3 Å². The van der Waals surface area contributed by atoms with Crippen LogP contribution < -0.4 is 15.4 Å². The molecule has 1 rings (SSSR count). The Morgan fingerprint density at radius 3 is 2.47 bits per heavy atom. The van der Waals surface area contributed by atoms with Crippen LogP contribution in [-0.2, 0) is 4.79 Å². The molecule has 1 amide bonds. The number of nitrogens with zero attached hydrogens (tertiary/aromatic N) is 1. The first kappa shape index (κ1) is 15.5. The summed E-state index contributed by atoms with van der Waals surface area (Å²) in [7, 11) is 5.67. The van der Waals surface area contributed by atoms with Crippen molar-refractivity contribution >= 4 is 11.6 Å². The zero-order chi connectivity index (χ0) is 14.1. The first-order chi connectivity index (χ1) is 9.11. The van der Waals surface area contributed by atoms with E-state index in [2.05, 4.69) is 15.5 Å². The number of hydrogen-bond acceptors (Lipinski definition) is 4. The highest BCUT2D eigenvalue weighted by atomic mass is 16.5. The Bertz CT molecular complexity index is 377. The van der Waals surface area contributed by atoms with Crippen LogP contribution >= 0.6 is 0 Å². The van der Waals surface area contributed by atoms with Crippen molar-refractivity contribution in [2.45, 2.75) is 6.42 Å². The highest BCUT2D eigenvalue weighted by Crippen LogP contribution is 2.14. The lowest BCUT2D eigenvalue weighted by molar-refractivity contribution is -0.116. The quantitative estimate of drug-likeness (QED) is 0.693. The van der Waals surface area contributed by atoms with Gasteiger partial charge in [0, 0.05) is 31.7 Å². The second-order valence-electron chi connectivity index (χ2n) is 4.58. The maximum Gasteiger partial charge on any atom is 0.225 e. The Hall–Kier alpha value is -1.59. The molecular weight excluding hydrogens is 242 g/mol. The minimum absolute atomic E-state index is 0.0162. The molecular formula is C14H23N3O2. The summed E-state index contributed by atoms with van der Waals surface area (Å²) in [5.41, 5.74) is 0.791. The molecule has 0 aromatic heterocycles. The maximum absolute atomic E-state index is 11.7. The molecule has 0 radical (unpaired) electrons. The summed E-state index contributed by atoms with van der Waals surface area (Å²) >= 11 is 0. The normalized spacial score (nSPS) is 10.5. The molecule has 1 aromatic carbocycles. The number of benzene rings is 1. The van der Waals surface area contributed by atoms with E-state index in [1.165, 1.54) is 0 Å². The first-order valence-corrected chi connectivity index (χ1v) is 6.41. The smallest absolute Gasteiger partial charge is 0.225 e. The van der Waals surface area contributed by atoms with Gasteiger partial charge in [-0.15, -0.1) is 0 Å². The third-order valence-corrected chi connectivity index (χ3v) is 2.64. The Morgan fingerprint density at radius 1 is 1.21 bits per heavy atom. The van der Waals surface area contributed by atoms with Gasteiger partial charge in [-0.3, -0.25) is 4.79 Å². The van der Waals surface area contributed by atoms with Gasteiger partial charge in [0.1, 0.15) is 5.75 Å². The molecule has 0 unspecified atom stereocenters. The average Bonchev–Trinajstić information content (AvgIpc) is 2.39. The monoisotopic (exact) mass is 265 g/mol. The Labute approximate surface area is 114 Å². The Balaban J connectivity index is 2.19. The third kappa shape index (κ3) is 6.79. The molecule has 5 nitrogen and oxygen atoms in total. The molecule has 0 heterocycles. The van der Waals surface area contributed by atoms with Crippen molar-refractivity contribution in [3.63, 3.8) is 0 Å². The second-order valence-corrected chi connectivity index (χ2v) is 4.58. The summed E-state index contributed by atoms with van der Waals surface area (Å²) in [5.74, 6) is 0.797. The van der Waals surface area contributed by atoms with E-state index < -0.39 is 0 Å². The number of anilines is 1. The summed E-state index contributed by atoms with van der Waals surface area (Å²) in [6.45, 7) is 2.55. The van der Waals surface area contributed by atoms with Gasteiger partial charge in [-0.1, -0.05) is 0 Å². The van der Waals surface area contributed by atoms with Gasteiger partial charge in [-0.2, -0.15) is 0 Å². The van der Waals surface area contributed by atoms with E-state index in [4.69, 9.17) is 4.74 Å². The van der Waals surface area contributed by atoms with Crippen molar-refractivity contribution in [3.05, 3.63) is 24.3 Å². The minimum atomic E-state index is 0.0162. The Morgan fingerprint density at radius 2 is 1.89 bits per heavy atom. The Kier molecular flexibility index (Phi) is 6.92. The fraction of sp³-hybridized carbons (Fsp3) is 0.500. The van der Waals surface area contributed by atoms with Gasteiger partial charge in [-0.05, 0) is 38.4 Å². The molecule has 1 aromatic rings. The van der Waals surface area contributed by atoms with E-state index in [1.807, 2.05) is 38.4 Å². The number of carbonyl (C=O) groups excluding carboxylic acids is 1. The van der Waals surface area contributed by atoms with E-state index >= 15 is 0 Å². The van der Waals surface area contributed by atoms with E-state index in [0.29, 0.717) is 13.0 Å². The molecule has 106 valence electrons. The summed E-state index contributed by atoms with van der Waals surface area (Å²) in [6, 6.07) is 7.31. The number of likely N-dealkylation sites (N-methyl/N-ethyl adjacent to an activating group) is 1. The highest BCUT2D eigenvalue weighted by molar-refractivity contribution is 5.90. The van der Waals surface area contributed by atoms with Gasteiger partial charge in [-0.25, -0.2) is 0 Å². The van der Waals surface area contributed by atoms with Crippen LogP contribution in [0, 0.1) is 0 Å². The van der Waals surface area contributed by atoms with Crippen LogP contribution in [0.1, 0.15) is 6.42 Å². The van der Waals surface area contributed by atoms with E-state index in [-0.39, 0.29) is 5.91 Å². The lowest BCUT2D eigenvalue weighted by Crippen LogP contribution is -2.29. The van der Waals surface area contributed by atoms with Crippen molar-refractivity contribution in [2.24, 2.45) is 0 Å². The number of rotatable bonds is 8. The number of methoxy groups -OCH3 is 1. The van der Waals surface area contributed by atoms with Crippen LogP contribution in [0.5, 0.6) is 5.75 Å². The van der Waals surface area contributed by atoms with E-state index in [0.717, 1.165) is 24.5 Å². The van der Waals surface area contributed by atoms with Crippen molar-refractivity contribution in [2.75, 3.05) is 46.2 Å². The molecule has 0 aliphatic heterocycles. The van der Waals surface area contributed by atoms with Gasteiger partial charge in [0.2, 0.25) is 5.91 Å². The van der Waals surface area contributed by atoms with Gasteiger partial charge in [0.15, 0.2) is 0 Å². The fourth-order valence-corrected chi connectivity index (χ4v) is 1.53. The maximum atomic E-state index is 11.7. The number of nitrogens with one attached hydrogen (secondary N) is 2. The summed E-state index contributed by atoms with van der Waals surface area (Å²) in [4.78, 5) is 13.8. The van der Waals surface area contributed by atoms with Crippen LogP contribution in [0.3, 0.4) is 0 Å². The van der Waals surface area contributed by atoms with Crippen LogP contribution in [0.2, 0.25) is 0 Å². The molecule has 2 N–H and O–H groups in total. The molecule has 5 heteroatoms. The van der Waals surface area contributed by atoms with E-state index in [9.17, 15) is 4.79 Å². The minimum Gasteiger partial charge on any atom is -0.497 e. The van der Waals surface area contributed by atoms with E-state index in [1.54, 1.807) is 7.11 Å². The largest absolute Gasteiger partial charge is 0.497 e. The molecule has 19 heavy (non-hydrogen) atoms. The SMILES string of the molecule is COc1ccc(NC(=O)CCNCCN(C)C)cc1. The van der Waals surface area contributed by atoms with Gasteiger partial charge >= 0.3 is 0 Å². The lowest BCUT2D eigenvalue weighted by atomic mass is 10.3. The standard InChI is InChI=1S/C14H23N3O2/c1-17(2)11-10-15-9-8-14(18)16-12-4-6-13(19-3)7-5-12/h4-7,15H,8-11H2,1-3H3,(H,16,18). The van der Waals surface area contributed by atoms with Crippen LogP contribution in [0.4, 0.5) is 5.69 Å². The summed E-state index contributed by atoms with van der Waals surface area (Å²) < 4.78 is 5.06. The zero-order valence-corrected chi connectivity index (χ0v) is 11.9. The molecule has 0 saturated heterocycles. The van der Waals surface area contributed by atoms with Crippen molar-refractivity contribution in [1.82, 2.24) is 10.2 Å². The van der Waals surface area contributed by atoms with Gasteiger partial charge < -0.3 is 20.3 Å². The highest BCUT2D eigenvalue weighted by Gasteiger charge is 2.02. The molecule has 0 spiro atoms. The predicted molar refractivity (Wildman–Crippen MR) is 77.7 cm³/mol. The number of hydrogen-bond donors (Lipinski definition) is 2.